The van der Waals surface area contributed by atoms with Crippen LogP contribution in [0.3, 0.4) is 0 Å². The maximum absolute atomic E-state index is 11.9. The predicted octanol–water partition coefficient (Wildman–Crippen LogP) is 1.46. The van der Waals surface area contributed by atoms with Crippen LogP contribution in [0.25, 0.3) is 0 Å². The van der Waals surface area contributed by atoms with Gasteiger partial charge in [-0.15, -0.1) is 0 Å². The molecule has 0 spiro atoms. The Labute approximate surface area is 119 Å². The summed E-state index contributed by atoms with van der Waals surface area (Å²) in [6, 6.07) is 6.22. The number of anilines is 1. The first-order valence-corrected chi connectivity index (χ1v) is 7.51. The summed E-state index contributed by atoms with van der Waals surface area (Å²) in [4.78, 5) is 11.2. The molecule has 7 heteroatoms. The number of hydrogen-bond donors (Lipinski definition) is 2. The Bertz CT molecular complexity index is 577. The molecule has 6 nitrogen and oxygen atoms in total. The maximum Gasteiger partial charge on any atom is 0.310 e. The van der Waals surface area contributed by atoms with Crippen LogP contribution in [0.2, 0.25) is 0 Å². The normalized spacial score (nSPS) is 12.4. The minimum absolute atomic E-state index is 0.200. The van der Waals surface area contributed by atoms with Crippen molar-refractivity contribution in [2.75, 3.05) is 26.0 Å². The third kappa shape index (κ3) is 3.71. The number of carboxylic acids is 1. The molecule has 1 rings (SSSR count). The van der Waals surface area contributed by atoms with Crippen LogP contribution in [0.5, 0.6) is 0 Å². The zero-order valence-electron chi connectivity index (χ0n) is 12.0. The van der Waals surface area contributed by atoms with E-state index in [1.165, 1.54) is 26.2 Å². The average Bonchev–Trinajstić information content (AvgIpc) is 2.36. The van der Waals surface area contributed by atoms with Gasteiger partial charge in [0.25, 0.3) is 0 Å². The van der Waals surface area contributed by atoms with Gasteiger partial charge in [-0.25, -0.2) is 12.7 Å². The largest absolute Gasteiger partial charge is 0.481 e. The fraction of sp³-hybridized carbons (Fsp3) is 0.462. The maximum atomic E-state index is 11.9. The molecule has 0 heterocycles. The second kappa shape index (κ2) is 5.80. The molecule has 1 aromatic rings. The van der Waals surface area contributed by atoms with E-state index >= 15 is 0 Å². The van der Waals surface area contributed by atoms with Crippen LogP contribution >= 0.6 is 0 Å². The smallest absolute Gasteiger partial charge is 0.310 e. The molecule has 0 aliphatic rings. The molecule has 112 valence electrons. The van der Waals surface area contributed by atoms with E-state index in [9.17, 15) is 13.2 Å². The van der Waals surface area contributed by atoms with E-state index in [0.717, 1.165) is 4.31 Å². The highest BCUT2D eigenvalue weighted by molar-refractivity contribution is 7.89. The number of nitrogens with zero attached hydrogens (tertiary/aromatic N) is 1. The van der Waals surface area contributed by atoms with Gasteiger partial charge in [-0.2, -0.15) is 0 Å². The van der Waals surface area contributed by atoms with Crippen molar-refractivity contribution in [3.63, 3.8) is 0 Å². The Hall–Kier alpha value is -1.60. The number of rotatable bonds is 6. The van der Waals surface area contributed by atoms with E-state index < -0.39 is 21.4 Å². The lowest BCUT2D eigenvalue weighted by Gasteiger charge is -2.20. The molecule has 0 atom stereocenters. The molecule has 0 fully saturated rings. The van der Waals surface area contributed by atoms with Crippen molar-refractivity contribution >= 4 is 21.7 Å². The number of sulfonamides is 1. The summed E-state index contributed by atoms with van der Waals surface area (Å²) < 4.78 is 24.9. The summed E-state index contributed by atoms with van der Waals surface area (Å²) >= 11 is 0. The van der Waals surface area contributed by atoms with Gasteiger partial charge in [0.15, 0.2) is 0 Å². The van der Waals surface area contributed by atoms with Gasteiger partial charge in [0.2, 0.25) is 10.0 Å². The topological polar surface area (TPSA) is 86.7 Å². The minimum atomic E-state index is -3.44. The second-order valence-electron chi connectivity index (χ2n) is 5.35. The highest BCUT2D eigenvalue weighted by atomic mass is 32.2. The lowest BCUT2D eigenvalue weighted by molar-refractivity contribution is -0.146. The van der Waals surface area contributed by atoms with Crippen molar-refractivity contribution in [3.8, 4) is 0 Å². The van der Waals surface area contributed by atoms with E-state index in [2.05, 4.69) is 5.32 Å². The van der Waals surface area contributed by atoms with E-state index in [1.54, 1.807) is 26.0 Å². The molecule has 0 amide bonds. The van der Waals surface area contributed by atoms with Crippen LogP contribution < -0.4 is 5.32 Å². The van der Waals surface area contributed by atoms with Gasteiger partial charge in [-0.05, 0) is 38.1 Å². The number of aliphatic carboxylic acids is 1. The van der Waals surface area contributed by atoms with Crippen molar-refractivity contribution in [2.45, 2.75) is 18.7 Å². The highest BCUT2D eigenvalue weighted by Crippen LogP contribution is 2.19. The number of hydrogen-bond acceptors (Lipinski definition) is 4. The van der Waals surface area contributed by atoms with Crippen LogP contribution in [0.4, 0.5) is 5.69 Å². The molecule has 0 saturated carbocycles. The van der Waals surface area contributed by atoms with Crippen LogP contribution in [0.15, 0.2) is 29.2 Å². The SMILES string of the molecule is CN(C)S(=O)(=O)c1ccc(NCC(C)(C)C(=O)O)cc1. The Morgan fingerprint density at radius 3 is 2.15 bits per heavy atom. The van der Waals surface area contributed by atoms with Crippen molar-refractivity contribution in [1.82, 2.24) is 4.31 Å². The molecule has 0 radical (unpaired) electrons. The second-order valence-corrected chi connectivity index (χ2v) is 7.51. The quantitative estimate of drug-likeness (QED) is 0.830. The standard InChI is InChI=1S/C13H20N2O4S/c1-13(2,12(16)17)9-14-10-5-7-11(8-6-10)20(18,19)15(3)4/h5-8,14H,9H2,1-4H3,(H,16,17). The van der Waals surface area contributed by atoms with E-state index in [1.807, 2.05) is 0 Å². The Morgan fingerprint density at radius 2 is 1.75 bits per heavy atom. The molecular weight excluding hydrogens is 280 g/mol. The van der Waals surface area contributed by atoms with Gasteiger partial charge < -0.3 is 10.4 Å². The van der Waals surface area contributed by atoms with Gasteiger partial charge in [0, 0.05) is 26.3 Å². The molecule has 0 aliphatic heterocycles. The zero-order valence-corrected chi connectivity index (χ0v) is 12.9. The van der Waals surface area contributed by atoms with Crippen molar-refractivity contribution < 1.29 is 18.3 Å². The van der Waals surface area contributed by atoms with E-state index in [4.69, 9.17) is 5.11 Å². The molecule has 20 heavy (non-hydrogen) atoms. The molecule has 2 N–H and O–H groups in total. The summed E-state index contributed by atoms with van der Waals surface area (Å²) in [5, 5.41) is 12.0. The van der Waals surface area contributed by atoms with Crippen molar-refractivity contribution in [3.05, 3.63) is 24.3 Å². The van der Waals surface area contributed by atoms with Gasteiger partial charge in [-0.1, -0.05) is 0 Å². The Balaban J connectivity index is 2.81. The fourth-order valence-corrected chi connectivity index (χ4v) is 2.26. The van der Waals surface area contributed by atoms with Crippen LogP contribution in [0.1, 0.15) is 13.8 Å². The number of benzene rings is 1. The third-order valence-corrected chi connectivity index (χ3v) is 4.78. The molecule has 0 bridgehead atoms. The lowest BCUT2D eigenvalue weighted by atomic mass is 9.94. The molecule has 0 aliphatic carbocycles. The Kier molecular flexibility index (Phi) is 4.77. The average molecular weight is 300 g/mol. The monoisotopic (exact) mass is 300 g/mol. The summed E-state index contributed by atoms with van der Waals surface area (Å²) in [6.45, 7) is 3.49. The van der Waals surface area contributed by atoms with E-state index in [-0.39, 0.29) is 11.4 Å². The molecular formula is C13H20N2O4S. The van der Waals surface area contributed by atoms with E-state index in [0.29, 0.717) is 5.69 Å². The third-order valence-electron chi connectivity index (χ3n) is 2.95. The van der Waals surface area contributed by atoms with Crippen molar-refractivity contribution in [2.24, 2.45) is 5.41 Å². The van der Waals surface area contributed by atoms with Crippen LogP contribution in [-0.4, -0.2) is 44.4 Å². The van der Waals surface area contributed by atoms with Gasteiger partial charge >= 0.3 is 5.97 Å². The lowest BCUT2D eigenvalue weighted by Crippen LogP contribution is -2.31. The van der Waals surface area contributed by atoms with Crippen molar-refractivity contribution in [1.29, 1.82) is 0 Å². The summed E-state index contributed by atoms with van der Waals surface area (Å²) in [6.07, 6.45) is 0. The summed E-state index contributed by atoms with van der Waals surface area (Å²) in [5.74, 6) is -0.892. The van der Waals surface area contributed by atoms with Gasteiger partial charge in [0.1, 0.15) is 0 Å². The highest BCUT2D eigenvalue weighted by Gasteiger charge is 2.26. The number of carboxylic acid groups (broad SMARTS) is 1. The molecule has 0 unspecified atom stereocenters. The zero-order chi connectivity index (χ0) is 15.6. The van der Waals surface area contributed by atoms with Gasteiger partial charge in [0.05, 0.1) is 10.3 Å². The molecule has 1 aromatic carbocycles. The number of nitrogens with one attached hydrogen (secondary N) is 1. The van der Waals surface area contributed by atoms with Crippen LogP contribution in [0, 0.1) is 5.41 Å². The number of carbonyl (C=O) groups is 1. The van der Waals surface area contributed by atoms with Gasteiger partial charge in [-0.3, -0.25) is 4.79 Å². The molecule has 0 aromatic heterocycles. The minimum Gasteiger partial charge on any atom is -0.481 e. The summed E-state index contributed by atoms with van der Waals surface area (Å²) in [7, 11) is -0.501. The van der Waals surface area contributed by atoms with Crippen LogP contribution in [-0.2, 0) is 14.8 Å². The Morgan fingerprint density at radius 1 is 1.25 bits per heavy atom. The first-order chi connectivity index (χ1) is 9.07. The first kappa shape index (κ1) is 16.5. The fourth-order valence-electron chi connectivity index (χ4n) is 1.35. The molecule has 0 saturated heterocycles. The predicted molar refractivity (Wildman–Crippen MR) is 77.2 cm³/mol. The first-order valence-electron chi connectivity index (χ1n) is 6.07. The summed E-state index contributed by atoms with van der Waals surface area (Å²) in [5.41, 5.74) is -0.217.